The number of halogens is 1. The molecule has 0 aliphatic heterocycles. The highest BCUT2D eigenvalue weighted by atomic mass is 19.1. The van der Waals surface area contributed by atoms with Crippen molar-refractivity contribution in [1.82, 2.24) is 10.6 Å². The Hall–Kier alpha value is -2.95. The molecule has 0 saturated carbocycles. The molecular weight excluding hydrogens is 327 g/mol. The minimum absolute atomic E-state index is 0.0303. The first-order valence-electron chi connectivity index (χ1n) is 7.72. The van der Waals surface area contributed by atoms with E-state index in [1.54, 1.807) is 13.0 Å². The van der Waals surface area contributed by atoms with E-state index in [2.05, 4.69) is 10.6 Å². The topological polar surface area (TPSA) is 125 Å². The predicted octanol–water partition coefficient (Wildman–Crippen LogP) is 0.393. The lowest BCUT2D eigenvalue weighted by Crippen LogP contribution is -2.55. The van der Waals surface area contributed by atoms with Crippen molar-refractivity contribution < 1.29 is 18.8 Å². The lowest BCUT2D eigenvalue weighted by Gasteiger charge is -2.24. The van der Waals surface area contributed by atoms with Crippen LogP contribution < -0.4 is 16.4 Å². The first-order valence-corrected chi connectivity index (χ1v) is 7.72. The highest BCUT2D eigenvalue weighted by Gasteiger charge is 2.28. The summed E-state index contributed by atoms with van der Waals surface area (Å²) in [5.74, 6) is -2.80. The molecule has 4 N–H and O–H groups in total. The van der Waals surface area contributed by atoms with E-state index in [9.17, 15) is 18.8 Å². The van der Waals surface area contributed by atoms with Crippen LogP contribution >= 0.6 is 0 Å². The van der Waals surface area contributed by atoms with Gasteiger partial charge in [-0.2, -0.15) is 5.26 Å². The van der Waals surface area contributed by atoms with Crippen LogP contribution in [0.2, 0.25) is 0 Å². The summed E-state index contributed by atoms with van der Waals surface area (Å²) in [5.41, 5.74) is 5.80. The summed E-state index contributed by atoms with van der Waals surface area (Å²) in [6, 6.07) is 5.50. The predicted molar refractivity (Wildman–Crippen MR) is 88.2 cm³/mol. The van der Waals surface area contributed by atoms with E-state index >= 15 is 0 Å². The number of carbonyl (C=O) groups excluding carboxylic acids is 3. The van der Waals surface area contributed by atoms with Crippen molar-refractivity contribution >= 4 is 17.7 Å². The molecule has 0 saturated heterocycles. The lowest BCUT2D eigenvalue weighted by molar-refractivity contribution is -0.131. The largest absolute Gasteiger partial charge is 0.368 e. The summed E-state index contributed by atoms with van der Waals surface area (Å²) in [6.07, 6.45) is 0.0733. The van der Waals surface area contributed by atoms with Crippen molar-refractivity contribution in [3.8, 4) is 6.07 Å². The smallest absolute Gasteiger partial charge is 0.243 e. The molecule has 0 unspecified atom stereocenters. The van der Waals surface area contributed by atoms with Crippen molar-refractivity contribution in [1.29, 1.82) is 5.26 Å². The molecule has 1 aromatic carbocycles. The van der Waals surface area contributed by atoms with E-state index in [1.165, 1.54) is 25.1 Å². The van der Waals surface area contributed by atoms with Gasteiger partial charge in [-0.1, -0.05) is 19.1 Å². The average Bonchev–Trinajstić information content (AvgIpc) is 2.51. The minimum atomic E-state index is -1.05. The summed E-state index contributed by atoms with van der Waals surface area (Å²) < 4.78 is 13.3. The van der Waals surface area contributed by atoms with Crippen LogP contribution in [0.15, 0.2) is 24.3 Å². The number of nitrogens with zero attached hydrogens (tertiary/aromatic N) is 1. The van der Waals surface area contributed by atoms with Gasteiger partial charge in [0.15, 0.2) is 0 Å². The van der Waals surface area contributed by atoms with Gasteiger partial charge in [-0.25, -0.2) is 4.39 Å². The third-order valence-electron chi connectivity index (χ3n) is 3.61. The molecule has 8 heteroatoms. The standard InChI is InChI=1S/C17H21FN4O3/c1-10(6-7-19)15(16(20)24)22-17(25)14(21-11(2)23)9-12-4-3-5-13(18)8-12/h3-5,8,10,14-15H,6,9H2,1-2H3,(H2,20,24)(H,21,23)(H,22,25)/t10-,14-,15-/m1/s1. The number of hydrogen-bond donors (Lipinski definition) is 3. The van der Waals surface area contributed by atoms with Crippen LogP contribution in [0.3, 0.4) is 0 Å². The van der Waals surface area contributed by atoms with Gasteiger partial charge in [0.25, 0.3) is 0 Å². The Balaban J connectivity index is 2.93. The second-order valence-corrected chi connectivity index (χ2v) is 5.82. The molecule has 0 spiro atoms. The molecule has 0 aliphatic rings. The van der Waals surface area contributed by atoms with Crippen LogP contribution in [0.1, 0.15) is 25.8 Å². The van der Waals surface area contributed by atoms with Crippen molar-refractivity contribution in [3.63, 3.8) is 0 Å². The Kier molecular flexibility index (Phi) is 7.53. The van der Waals surface area contributed by atoms with Crippen LogP contribution in [0, 0.1) is 23.1 Å². The van der Waals surface area contributed by atoms with Gasteiger partial charge in [0.1, 0.15) is 17.9 Å². The quantitative estimate of drug-likeness (QED) is 0.628. The van der Waals surface area contributed by atoms with Gasteiger partial charge in [-0.15, -0.1) is 0 Å². The van der Waals surface area contributed by atoms with Gasteiger partial charge in [0, 0.05) is 19.8 Å². The Morgan fingerprint density at radius 3 is 2.52 bits per heavy atom. The minimum Gasteiger partial charge on any atom is -0.368 e. The number of amides is 3. The number of nitrogens with one attached hydrogen (secondary N) is 2. The molecule has 1 aromatic rings. The molecule has 0 heterocycles. The van der Waals surface area contributed by atoms with Crippen LogP contribution in [0.25, 0.3) is 0 Å². The van der Waals surface area contributed by atoms with Crippen molar-refractivity contribution in [2.45, 2.75) is 38.8 Å². The monoisotopic (exact) mass is 348 g/mol. The average molecular weight is 348 g/mol. The van der Waals surface area contributed by atoms with Gasteiger partial charge in [-0.05, 0) is 23.6 Å². The highest BCUT2D eigenvalue weighted by Crippen LogP contribution is 2.10. The summed E-state index contributed by atoms with van der Waals surface area (Å²) in [5, 5.41) is 13.7. The molecule has 25 heavy (non-hydrogen) atoms. The lowest BCUT2D eigenvalue weighted by atomic mass is 9.97. The Labute approximate surface area is 145 Å². The number of carbonyl (C=O) groups is 3. The van der Waals surface area contributed by atoms with Crippen LogP contribution in [0.4, 0.5) is 4.39 Å². The maximum atomic E-state index is 13.3. The molecule has 3 amide bonds. The number of primary amides is 1. The molecule has 3 atom stereocenters. The summed E-state index contributed by atoms with van der Waals surface area (Å²) in [6.45, 7) is 2.86. The van der Waals surface area contributed by atoms with Gasteiger partial charge in [-0.3, -0.25) is 14.4 Å². The fourth-order valence-electron chi connectivity index (χ4n) is 2.36. The maximum absolute atomic E-state index is 13.3. The highest BCUT2D eigenvalue weighted by molar-refractivity contribution is 5.91. The number of benzene rings is 1. The first kappa shape index (κ1) is 20.1. The summed E-state index contributed by atoms with van der Waals surface area (Å²) in [7, 11) is 0. The van der Waals surface area contributed by atoms with E-state index in [1.807, 2.05) is 6.07 Å². The third kappa shape index (κ3) is 6.59. The molecule has 0 aromatic heterocycles. The molecule has 0 bridgehead atoms. The number of hydrogen-bond acceptors (Lipinski definition) is 4. The molecule has 0 radical (unpaired) electrons. The zero-order valence-electron chi connectivity index (χ0n) is 14.1. The SMILES string of the molecule is CC(=O)N[C@H](Cc1cccc(F)c1)C(=O)N[C@@H](C(N)=O)[C@H](C)CC#N. The molecule has 0 fully saturated rings. The second-order valence-electron chi connectivity index (χ2n) is 5.82. The van der Waals surface area contributed by atoms with Gasteiger partial charge < -0.3 is 16.4 Å². The zero-order valence-corrected chi connectivity index (χ0v) is 14.1. The van der Waals surface area contributed by atoms with Crippen molar-refractivity contribution in [3.05, 3.63) is 35.6 Å². The van der Waals surface area contributed by atoms with Crippen molar-refractivity contribution in [2.75, 3.05) is 0 Å². The van der Waals surface area contributed by atoms with E-state index in [-0.39, 0.29) is 12.8 Å². The Morgan fingerprint density at radius 2 is 2.00 bits per heavy atom. The number of nitriles is 1. The molecule has 1 rings (SSSR count). The Morgan fingerprint density at radius 1 is 1.32 bits per heavy atom. The fourth-order valence-corrected chi connectivity index (χ4v) is 2.36. The molecule has 7 nitrogen and oxygen atoms in total. The normalized spacial score (nSPS) is 13.8. The van der Waals surface area contributed by atoms with E-state index in [0.29, 0.717) is 5.56 Å². The van der Waals surface area contributed by atoms with Gasteiger partial charge in [0.05, 0.1) is 6.07 Å². The van der Waals surface area contributed by atoms with E-state index in [4.69, 9.17) is 11.0 Å². The number of nitrogens with two attached hydrogens (primary N) is 1. The van der Waals surface area contributed by atoms with Gasteiger partial charge >= 0.3 is 0 Å². The van der Waals surface area contributed by atoms with E-state index < -0.39 is 41.5 Å². The van der Waals surface area contributed by atoms with Crippen LogP contribution in [0.5, 0.6) is 0 Å². The first-order chi connectivity index (χ1) is 11.7. The zero-order chi connectivity index (χ0) is 19.0. The Bertz CT molecular complexity index is 687. The second kappa shape index (κ2) is 9.37. The molecule has 134 valence electrons. The third-order valence-corrected chi connectivity index (χ3v) is 3.61. The fraction of sp³-hybridized carbons (Fsp3) is 0.412. The molecule has 0 aliphatic carbocycles. The number of rotatable bonds is 8. The molecular formula is C17H21FN4O3. The van der Waals surface area contributed by atoms with Gasteiger partial charge in [0.2, 0.25) is 17.7 Å². The maximum Gasteiger partial charge on any atom is 0.243 e. The van der Waals surface area contributed by atoms with Crippen LogP contribution in [-0.4, -0.2) is 29.8 Å². The van der Waals surface area contributed by atoms with Crippen LogP contribution in [-0.2, 0) is 20.8 Å². The summed E-state index contributed by atoms with van der Waals surface area (Å²) >= 11 is 0. The van der Waals surface area contributed by atoms with E-state index in [0.717, 1.165) is 0 Å². The van der Waals surface area contributed by atoms with Crippen molar-refractivity contribution in [2.24, 2.45) is 11.7 Å². The summed E-state index contributed by atoms with van der Waals surface area (Å²) in [4.78, 5) is 35.4.